The average molecular weight is 262 g/mol. The molecule has 94 valence electrons. The Morgan fingerprint density at radius 3 is 2.44 bits per heavy atom. The summed E-state index contributed by atoms with van der Waals surface area (Å²) in [6.45, 7) is 1.62. The average Bonchev–Trinajstić information content (AvgIpc) is 3.07. The van der Waals surface area contributed by atoms with Crippen molar-refractivity contribution in [3.63, 3.8) is 0 Å². The van der Waals surface area contributed by atoms with Gasteiger partial charge in [0, 0.05) is 12.3 Å². The number of aliphatic imine (C=N–C) groups is 1. The molecule has 0 radical (unpaired) electrons. The Morgan fingerprint density at radius 1 is 1.11 bits per heavy atom. The normalized spacial score (nSPS) is 11.3. The first kappa shape index (κ1) is 14.1. The van der Waals surface area contributed by atoms with E-state index in [4.69, 9.17) is 0 Å². The van der Waals surface area contributed by atoms with E-state index in [2.05, 4.69) is 14.7 Å². The van der Waals surface area contributed by atoms with E-state index < -0.39 is 0 Å². The summed E-state index contributed by atoms with van der Waals surface area (Å²) < 4.78 is 4.65. The van der Waals surface area contributed by atoms with Gasteiger partial charge in [0.05, 0.1) is 6.54 Å². The smallest absolute Gasteiger partial charge is 0.269 e. The Bertz CT molecular complexity index is 441. The highest BCUT2D eigenvalue weighted by Crippen LogP contribution is 1.91. The SMILES string of the molecule is C1=NCCO1.O=c1cccccn1.c1ccsc1. The van der Waals surface area contributed by atoms with Gasteiger partial charge >= 0.3 is 0 Å². The third-order valence-electron chi connectivity index (χ3n) is 1.66. The molecular formula is C13H14N2O2S. The molecule has 0 saturated carbocycles. The van der Waals surface area contributed by atoms with Gasteiger partial charge in [0.1, 0.15) is 6.61 Å². The van der Waals surface area contributed by atoms with Gasteiger partial charge in [0.25, 0.3) is 5.56 Å². The van der Waals surface area contributed by atoms with Gasteiger partial charge in [-0.15, -0.1) is 0 Å². The van der Waals surface area contributed by atoms with Crippen molar-refractivity contribution < 1.29 is 4.74 Å². The van der Waals surface area contributed by atoms with E-state index >= 15 is 0 Å². The quantitative estimate of drug-likeness (QED) is 0.731. The number of nitrogens with zero attached hydrogens (tertiary/aromatic N) is 2. The summed E-state index contributed by atoms with van der Waals surface area (Å²) in [7, 11) is 0. The number of thiophene rings is 1. The molecule has 3 rings (SSSR count). The molecule has 4 nitrogen and oxygen atoms in total. The van der Waals surface area contributed by atoms with E-state index in [-0.39, 0.29) is 5.56 Å². The molecule has 0 N–H and O–H groups in total. The number of ether oxygens (including phenoxy) is 1. The van der Waals surface area contributed by atoms with Crippen molar-refractivity contribution in [1.29, 1.82) is 0 Å². The molecule has 1 aliphatic rings. The second-order valence-corrected chi connectivity index (χ2v) is 3.85. The maximum atomic E-state index is 10.4. The minimum absolute atomic E-state index is 0.199. The van der Waals surface area contributed by atoms with Crippen LogP contribution in [-0.2, 0) is 4.74 Å². The Morgan fingerprint density at radius 2 is 1.94 bits per heavy atom. The van der Waals surface area contributed by atoms with Crippen molar-refractivity contribution in [2.45, 2.75) is 0 Å². The fourth-order valence-corrected chi connectivity index (χ4v) is 1.36. The molecule has 3 heterocycles. The van der Waals surface area contributed by atoms with Crippen molar-refractivity contribution >= 4 is 17.7 Å². The monoisotopic (exact) mass is 262 g/mol. The van der Waals surface area contributed by atoms with Crippen LogP contribution in [-0.4, -0.2) is 24.5 Å². The molecular weight excluding hydrogens is 248 g/mol. The zero-order valence-corrected chi connectivity index (χ0v) is 10.6. The summed E-state index contributed by atoms with van der Waals surface area (Å²) in [4.78, 5) is 17.6. The highest BCUT2D eigenvalue weighted by molar-refractivity contribution is 7.07. The Hall–Kier alpha value is -2.01. The lowest BCUT2D eigenvalue weighted by atomic mass is 10.5. The van der Waals surface area contributed by atoms with Crippen molar-refractivity contribution in [2.24, 2.45) is 4.99 Å². The molecule has 1 aliphatic heterocycles. The van der Waals surface area contributed by atoms with Gasteiger partial charge in [-0.3, -0.25) is 9.79 Å². The van der Waals surface area contributed by atoms with Gasteiger partial charge in [0.2, 0.25) is 0 Å². The van der Waals surface area contributed by atoms with E-state index in [1.54, 1.807) is 29.5 Å². The molecule has 0 atom stereocenters. The summed E-state index contributed by atoms with van der Waals surface area (Å²) in [6, 6.07) is 10.6. The fourth-order valence-electron chi connectivity index (χ4n) is 0.902. The number of aromatic nitrogens is 1. The Labute approximate surface area is 110 Å². The first-order valence-corrected chi connectivity index (χ1v) is 6.32. The van der Waals surface area contributed by atoms with Crippen molar-refractivity contribution in [3.05, 3.63) is 63.7 Å². The lowest BCUT2D eigenvalue weighted by Gasteiger charge is -1.76. The van der Waals surface area contributed by atoms with Crippen LogP contribution >= 0.6 is 11.3 Å². The first-order chi connectivity index (χ1) is 8.89. The predicted molar refractivity (Wildman–Crippen MR) is 74.1 cm³/mol. The molecule has 5 heteroatoms. The van der Waals surface area contributed by atoms with Crippen LogP contribution in [0.1, 0.15) is 0 Å². The number of hydrogen-bond donors (Lipinski definition) is 0. The third-order valence-corrected chi connectivity index (χ3v) is 2.29. The Kier molecular flexibility index (Phi) is 7.93. The topological polar surface area (TPSA) is 51.5 Å². The fraction of sp³-hybridized carbons (Fsp3) is 0.154. The van der Waals surface area contributed by atoms with Gasteiger partial charge in [-0.25, -0.2) is 4.98 Å². The lowest BCUT2D eigenvalue weighted by Crippen LogP contribution is -1.95. The summed E-state index contributed by atoms with van der Waals surface area (Å²) in [5, 5.41) is 4.08. The van der Waals surface area contributed by atoms with Crippen LogP contribution in [0.5, 0.6) is 0 Å². The molecule has 0 spiro atoms. The van der Waals surface area contributed by atoms with Gasteiger partial charge in [-0.05, 0) is 16.8 Å². The molecule has 18 heavy (non-hydrogen) atoms. The highest BCUT2D eigenvalue weighted by atomic mass is 32.1. The minimum Gasteiger partial charge on any atom is -0.482 e. The lowest BCUT2D eigenvalue weighted by molar-refractivity contribution is 0.361. The third kappa shape index (κ3) is 8.18. The van der Waals surface area contributed by atoms with Crippen LogP contribution in [0.3, 0.4) is 0 Å². The molecule has 0 unspecified atom stereocenters. The molecule has 2 aromatic heterocycles. The molecule has 0 aromatic carbocycles. The zero-order chi connectivity index (χ0) is 12.9. The van der Waals surface area contributed by atoms with E-state index in [1.165, 1.54) is 18.7 Å². The van der Waals surface area contributed by atoms with Crippen molar-refractivity contribution in [1.82, 2.24) is 4.98 Å². The second kappa shape index (κ2) is 10.2. The first-order valence-electron chi connectivity index (χ1n) is 5.38. The van der Waals surface area contributed by atoms with Crippen LogP contribution in [0.4, 0.5) is 0 Å². The van der Waals surface area contributed by atoms with Crippen LogP contribution in [0.25, 0.3) is 0 Å². The van der Waals surface area contributed by atoms with Crippen LogP contribution in [0, 0.1) is 0 Å². The summed E-state index contributed by atoms with van der Waals surface area (Å²) in [5.74, 6) is 0. The van der Waals surface area contributed by atoms with Crippen LogP contribution < -0.4 is 5.56 Å². The second-order valence-electron chi connectivity index (χ2n) is 3.04. The zero-order valence-electron chi connectivity index (χ0n) is 9.81. The molecule has 0 amide bonds. The summed E-state index contributed by atoms with van der Waals surface area (Å²) in [5.41, 5.74) is -0.199. The number of rotatable bonds is 0. The molecule has 0 saturated heterocycles. The van der Waals surface area contributed by atoms with E-state index in [9.17, 15) is 4.79 Å². The predicted octanol–water partition coefficient (Wildman–Crippen LogP) is 2.23. The van der Waals surface area contributed by atoms with Crippen molar-refractivity contribution in [2.75, 3.05) is 13.2 Å². The van der Waals surface area contributed by atoms with Crippen LogP contribution in [0.15, 0.2) is 63.1 Å². The maximum Gasteiger partial charge on any atom is 0.269 e. The van der Waals surface area contributed by atoms with Gasteiger partial charge in [-0.1, -0.05) is 24.3 Å². The van der Waals surface area contributed by atoms with Gasteiger partial charge in [0.15, 0.2) is 6.40 Å². The van der Waals surface area contributed by atoms with Crippen molar-refractivity contribution in [3.8, 4) is 0 Å². The van der Waals surface area contributed by atoms with E-state index in [0.29, 0.717) is 0 Å². The van der Waals surface area contributed by atoms with Crippen LogP contribution in [0.2, 0.25) is 0 Å². The molecule has 0 bridgehead atoms. The number of hydrogen-bond acceptors (Lipinski definition) is 5. The molecule has 0 fully saturated rings. The summed E-state index contributed by atoms with van der Waals surface area (Å²) >= 11 is 1.71. The van der Waals surface area contributed by atoms with Gasteiger partial charge < -0.3 is 4.74 Å². The van der Waals surface area contributed by atoms with E-state index in [0.717, 1.165) is 13.2 Å². The summed E-state index contributed by atoms with van der Waals surface area (Å²) in [6.07, 6.45) is 2.96. The standard InChI is InChI=1S/C6H5NO.C4H4S.C3H5NO/c8-6-4-2-1-3-5-7-6;1-2-4-5-3-1;1-2-5-3-4-1/h1-5H;1-4H;3H,1-2H2. The minimum atomic E-state index is -0.199. The van der Waals surface area contributed by atoms with Gasteiger partial charge in [-0.2, -0.15) is 11.3 Å². The highest BCUT2D eigenvalue weighted by Gasteiger charge is 1.84. The molecule has 0 aliphatic carbocycles. The largest absolute Gasteiger partial charge is 0.482 e. The molecule has 2 aromatic rings. The maximum absolute atomic E-state index is 10.4. The Balaban J connectivity index is 0.000000141. The van der Waals surface area contributed by atoms with E-state index in [1.807, 2.05) is 22.9 Å².